The van der Waals surface area contributed by atoms with Crippen molar-refractivity contribution in [2.45, 2.75) is 13.8 Å². The predicted molar refractivity (Wildman–Crippen MR) is 27.0 cm³/mol. The number of aromatic nitrogens is 2. The van der Waals surface area contributed by atoms with Gasteiger partial charge in [-0.25, -0.2) is 0 Å². The molecule has 1 aromatic heterocycles. The molecule has 0 radical (unpaired) electrons. The molecule has 0 saturated heterocycles. The van der Waals surface area contributed by atoms with Gasteiger partial charge in [-0.05, 0) is 6.92 Å². The Balaban J connectivity index is 0.000000490. The van der Waals surface area contributed by atoms with Crippen LogP contribution in [0.1, 0.15) is 11.3 Å². The Morgan fingerprint density at radius 1 is 1.50 bits per heavy atom. The van der Waals surface area contributed by atoms with E-state index < -0.39 is 0 Å². The number of rotatable bonds is 0. The van der Waals surface area contributed by atoms with Crippen LogP contribution in [0.25, 0.3) is 0 Å². The third-order valence-electron chi connectivity index (χ3n) is 1.03. The maximum atomic E-state index is 3.77. The first-order valence-corrected chi connectivity index (χ1v) is 2.22. The van der Waals surface area contributed by atoms with Crippen LogP contribution in [-0.2, 0) is 22.4 Å². The average molecular weight is 203 g/mol. The summed E-state index contributed by atoms with van der Waals surface area (Å²) in [4.78, 5) is 0. The van der Waals surface area contributed by atoms with Crippen molar-refractivity contribution in [2.24, 2.45) is 0 Å². The molecule has 1 heterocycles. The molecule has 0 aliphatic rings. The van der Waals surface area contributed by atoms with Gasteiger partial charge in [0.25, 0.3) is 0 Å². The van der Waals surface area contributed by atoms with E-state index in [1.807, 2.05) is 13.8 Å². The fourth-order valence-corrected chi connectivity index (χ4v) is 0.374. The van der Waals surface area contributed by atoms with Crippen molar-refractivity contribution >= 4 is 0 Å². The van der Waals surface area contributed by atoms with E-state index in [2.05, 4.69) is 10.2 Å². The predicted octanol–water partition coefficient (Wildman–Crippen LogP) is 0.653. The van der Waals surface area contributed by atoms with Gasteiger partial charge in [-0.2, -0.15) is 0 Å². The van der Waals surface area contributed by atoms with E-state index in [0.29, 0.717) is 0 Å². The Labute approximate surface area is 64.2 Å². The maximum absolute atomic E-state index is 3.77. The van der Waals surface area contributed by atoms with Crippen LogP contribution in [0.3, 0.4) is 0 Å². The van der Waals surface area contributed by atoms with Gasteiger partial charge in [-0.1, -0.05) is 12.5 Å². The van der Waals surface area contributed by atoms with Gasteiger partial charge in [0.1, 0.15) is 0 Å². The molecule has 0 aliphatic heterocycles. The number of nitrogens with zero attached hydrogens (tertiary/aromatic N) is 2. The van der Waals surface area contributed by atoms with Crippen molar-refractivity contribution in [3.63, 3.8) is 0 Å². The summed E-state index contributed by atoms with van der Waals surface area (Å²) >= 11 is 0. The summed E-state index contributed by atoms with van der Waals surface area (Å²) in [6.07, 6.45) is 1.76. The second-order valence-electron chi connectivity index (χ2n) is 1.61. The van der Waals surface area contributed by atoms with Gasteiger partial charge in [-0.15, -0.1) is 5.69 Å². The van der Waals surface area contributed by atoms with Gasteiger partial charge in [0.15, 0.2) is 0 Å². The molecule has 0 amide bonds. The smallest absolute Gasteiger partial charge is 0.579 e. The quantitative estimate of drug-likeness (QED) is 0.579. The van der Waals surface area contributed by atoms with Crippen LogP contribution < -0.4 is 5.10 Å². The summed E-state index contributed by atoms with van der Waals surface area (Å²) in [5.41, 5.74) is 2.19. The van der Waals surface area contributed by atoms with Crippen molar-refractivity contribution in [3.8, 4) is 0 Å². The van der Waals surface area contributed by atoms with E-state index in [-0.39, 0.29) is 22.4 Å². The molecule has 0 saturated carbocycles. The molecular formula is C5H7AgN2. The molecule has 0 spiro atoms. The number of hydrogen-bond donors (Lipinski definition) is 0. The van der Waals surface area contributed by atoms with Crippen LogP contribution in [0.2, 0.25) is 0 Å². The van der Waals surface area contributed by atoms with E-state index in [9.17, 15) is 0 Å². The monoisotopic (exact) mass is 202 g/mol. The zero-order chi connectivity index (χ0) is 5.28. The topological polar surface area (TPSA) is 27.0 Å². The normalized spacial score (nSPS) is 8.25. The van der Waals surface area contributed by atoms with Gasteiger partial charge >= 0.3 is 22.4 Å². The third-order valence-corrected chi connectivity index (χ3v) is 1.03. The van der Waals surface area contributed by atoms with Crippen molar-refractivity contribution in [3.05, 3.63) is 17.5 Å². The molecule has 1 aromatic rings. The van der Waals surface area contributed by atoms with Crippen molar-refractivity contribution in [2.75, 3.05) is 0 Å². The summed E-state index contributed by atoms with van der Waals surface area (Å²) in [7, 11) is 0. The molecule has 0 fully saturated rings. The van der Waals surface area contributed by atoms with Crippen LogP contribution in [-0.4, -0.2) is 5.10 Å². The van der Waals surface area contributed by atoms with Crippen LogP contribution in [0.4, 0.5) is 0 Å². The van der Waals surface area contributed by atoms with Gasteiger partial charge in [0, 0.05) is 6.20 Å². The second kappa shape index (κ2) is 3.07. The van der Waals surface area contributed by atoms with Gasteiger partial charge in [-0.3, -0.25) is 0 Å². The van der Waals surface area contributed by atoms with Crippen molar-refractivity contribution in [1.82, 2.24) is 10.2 Å². The fraction of sp³-hybridized carbons (Fsp3) is 0.400. The van der Waals surface area contributed by atoms with Crippen molar-refractivity contribution < 1.29 is 22.4 Å². The minimum absolute atomic E-state index is 0. The third kappa shape index (κ3) is 1.47. The van der Waals surface area contributed by atoms with Crippen LogP contribution in [0, 0.1) is 13.8 Å². The minimum Gasteiger partial charge on any atom is -0.579 e. The summed E-state index contributed by atoms with van der Waals surface area (Å²) < 4.78 is 0. The van der Waals surface area contributed by atoms with E-state index in [1.165, 1.54) is 5.56 Å². The van der Waals surface area contributed by atoms with Gasteiger partial charge < -0.3 is 10.2 Å². The molecule has 0 atom stereocenters. The zero-order valence-corrected chi connectivity index (χ0v) is 6.26. The molecule has 1 rings (SSSR count). The minimum atomic E-state index is 0. The molecule has 0 aliphatic carbocycles. The SMILES string of the molecule is Cc1cn[n-]c1C.[Ag+]. The Kier molecular flexibility index (Phi) is 3.05. The van der Waals surface area contributed by atoms with E-state index in [4.69, 9.17) is 0 Å². The molecule has 0 unspecified atom stereocenters. The Morgan fingerprint density at radius 3 is 2.25 bits per heavy atom. The molecule has 8 heavy (non-hydrogen) atoms. The number of hydrogen-bond acceptors (Lipinski definition) is 1. The molecule has 2 nitrogen and oxygen atoms in total. The first kappa shape index (κ1) is 7.95. The second-order valence-corrected chi connectivity index (χ2v) is 1.61. The maximum Gasteiger partial charge on any atom is 1.00 e. The average Bonchev–Trinajstić information content (AvgIpc) is 1.91. The molecule has 0 aromatic carbocycles. The Bertz CT molecular complexity index is 143. The molecule has 3 heteroatoms. The number of aryl methyl sites for hydroxylation is 2. The van der Waals surface area contributed by atoms with E-state index in [1.54, 1.807) is 6.20 Å². The largest absolute Gasteiger partial charge is 1.00 e. The van der Waals surface area contributed by atoms with Crippen LogP contribution in [0.15, 0.2) is 6.20 Å². The van der Waals surface area contributed by atoms with E-state index >= 15 is 0 Å². The summed E-state index contributed by atoms with van der Waals surface area (Å²) in [6.45, 7) is 3.94. The molecule has 0 N–H and O–H groups in total. The molecule has 0 bridgehead atoms. The first-order valence-electron chi connectivity index (χ1n) is 2.22. The Morgan fingerprint density at radius 2 is 2.12 bits per heavy atom. The standard InChI is InChI=1S/C5H7N2.Ag/c1-4-3-6-7-5(4)2;/h3H,1-2H3;/q-1;+1. The zero-order valence-electron chi connectivity index (χ0n) is 4.77. The molecular weight excluding hydrogens is 196 g/mol. The first-order chi connectivity index (χ1) is 3.30. The van der Waals surface area contributed by atoms with Crippen LogP contribution >= 0.6 is 0 Å². The fourth-order valence-electron chi connectivity index (χ4n) is 0.374. The van der Waals surface area contributed by atoms with Crippen molar-refractivity contribution in [1.29, 1.82) is 0 Å². The Hall–Kier alpha value is -0.0497. The van der Waals surface area contributed by atoms with E-state index in [0.717, 1.165) is 5.69 Å². The summed E-state index contributed by atoms with van der Waals surface area (Å²) in [6, 6.07) is 0. The molecule has 48 valence electrons. The van der Waals surface area contributed by atoms with Crippen LogP contribution in [0.5, 0.6) is 0 Å². The van der Waals surface area contributed by atoms with Gasteiger partial charge in [0.2, 0.25) is 0 Å². The van der Waals surface area contributed by atoms with Gasteiger partial charge in [0.05, 0.1) is 0 Å². The summed E-state index contributed by atoms with van der Waals surface area (Å²) in [5, 5.41) is 7.44. The summed E-state index contributed by atoms with van der Waals surface area (Å²) in [5.74, 6) is 0.